The van der Waals surface area contributed by atoms with Gasteiger partial charge in [0.25, 0.3) is 5.91 Å². The van der Waals surface area contributed by atoms with Gasteiger partial charge >= 0.3 is 0 Å². The van der Waals surface area contributed by atoms with Crippen LogP contribution in [0.1, 0.15) is 35.6 Å². The van der Waals surface area contributed by atoms with Gasteiger partial charge < -0.3 is 9.64 Å². The summed E-state index contributed by atoms with van der Waals surface area (Å²) in [5.74, 6) is 0.718. The second kappa shape index (κ2) is 6.12. The molecule has 3 rings (SSSR count). The van der Waals surface area contributed by atoms with Crippen LogP contribution in [-0.4, -0.2) is 50.9 Å². The molecule has 0 bridgehead atoms. The molecule has 1 saturated heterocycles. The second-order valence-corrected chi connectivity index (χ2v) is 6.21. The van der Waals surface area contributed by atoms with Gasteiger partial charge in [0.2, 0.25) is 0 Å². The monoisotopic (exact) mass is 314 g/mol. The highest BCUT2D eigenvalue weighted by Crippen LogP contribution is 2.15. The standard InChI is InChI=1S/C17H22N4O2/c1-11-7-12(2)21(19-11)16-6-5-15(8-18-16)17(22)20-9-13(3)23-14(4)10-20/h5-8,13-14H,9-10H2,1-4H3. The minimum absolute atomic E-state index is 0.000539. The van der Waals surface area contributed by atoms with Crippen LogP contribution in [0.15, 0.2) is 24.4 Å². The molecule has 0 aliphatic carbocycles. The topological polar surface area (TPSA) is 60.2 Å². The molecule has 3 heterocycles. The summed E-state index contributed by atoms with van der Waals surface area (Å²) in [6.07, 6.45) is 1.74. The van der Waals surface area contributed by atoms with Gasteiger partial charge in [-0.25, -0.2) is 9.67 Å². The van der Waals surface area contributed by atoms with Crippen molar-refractivity contribution < 1.29 is 9.53 Å². The number of aromatic nitrogens is 3. The highest BCUT2D eigenvalue weighted by molar-refractivity contribution is 5.94. The van der Waals surface area contributed by atoms with Crippen LogP contribution in [0, 0.1) is 13.8 Å². The van der Waals surface area contributed by atoms with Crippen LogP contribution < -0.4 is 0 Å². The fraction of sp³-hybridized carbons (Fsp3) is 0.471. The van der Waals surface area contributed by atoms with Crippen molar-refractivity contribution in [2.45, 2.75) is 39.9 Å². The van der Waals surface area contributed by atoms with Crippen LogP contribution in [0.5, 0.6) is 0 Å². The van der Waals surface area contributed by atoms with Crippen molar-refractivity contribution >= 4 is 5.91 Å². The molecular weight excluding hydrogens is 292 g/mol. The molecule has 23 heavy (non-hydrogen) atoms. The van der Waals surface area contributed by atoms with E-state index in [1.54, 1.807) is 10.9 Å². The SMILES string of the molecule is Cc1cc(C)n(-c2ccc(C(=O)N3CC(C)OC(C)C3)cn2)n1. The normalized spacial score (nSPS) is 21.5. The molecule has 2 atom stereocenters. The Bertz CT molecular complexity index is 698. The van der Waals surface area contributed by atoms with E-state index in [0.29, 0.717) is 18.7 Å². The third kappa shape index (κ3) is 3.27. The number of carbonyl (C=O) groups is 1. The zero-order valence-electron chi connectivity index (χ0n) is 14.0. The zero-order valence-corrected chi connectivity index (χ0v) is 14.0. The van der Waals surface area contributed by atoms with E-state index in [1.165, 1.54) is 0 Å². The maximum atomic E-state index is 12.6. The summed E-state index contributed by atoms with van der Waals surface area (Å²) >= 11 is 0. The van der Waals surface area contributed by atoms with E-state index in [-0.39, 0.29) is 18.1 Å². The Balaban J connectivity index is 1.79. The van der Waals surface area contributed by atoms with Gasteiger partial charge in [0.05, 0.1) is 23.5 Å². The molecule has 0 saturated carbocycles. The molecule has 1 aliphatic rings. The fourth-order valence-electron chi connectivity index (χ4n) is 3.02. The summed E-state index contributed by atoms with van der Waals surface area (Å²) < 4.78 is 7.45. The number of hydrogen-bond donors (Lipinski definition) is 0. The lowest BCUT2D eigenvalue weighted by Crippen LogP contribution is -2.48. The van der Waals surface area contributed by atoms with Gasteiger partial charge in [-0.05, 0) is 45.9 Å². The molecule has 0 spiro atoms. The number of morpholine rings is 1. The quantitative estimate of drug-likeness (QED) is 0.852. The van der Waals surface area contributed by atoms with Crippen LogP contribution in [-0.2, 0) is 4.74 Å². The van der Waals surface area contributed by atoms with Crippen LogP contribution >= 0.6 is 0 Å². The number of ether oxygens (including phenoxy) is 1. The zero-order chi connectivity index (χ0) is 16.6. The maximum Gasteiger partial charge on any atom is 0.255 e. The van der Waals surface area contributed by atoms with Crippen molar-refractivity contribution in [1.29, 1.82) is 0 Å². The van der Waals surface area contributed by atoms with Gasteiger partial charge in [0.15, 0.2) is 5.82 Å². The minimum atomic E-state index is -0.000539. The third-order valence-corrected chi connectivity index (χ3v) is 3.93. The van der Waals surface area contributed by atoms with Crippen LogP contribution in [0.25, 0.3) is 5.82 Å². The number of amides is 1. The van der Waals surface area contributed by atoms with Crippen molar-refractivity contribution in [1.82, 2.24) is 19.7 Å². The van der Waals surface area contributed by atoms with Crippen molar-refractivity contribution in [3.8, 4) is 5.82 Å². The molecule has 2 aromatic rings. The molecule has 1 amide bonds. The van der Waals surface area contributed by atoms with Crippen molar-refractivity contribution in [3.05, 3.63) is 41.3 Å². The Morgan fingerprint density at radius 3 is 2.43 bits per heavy atom. The smallest absolute Gasteiger partial charge is 0.255 e. The number of rotatable bonds is 2. The average Bonchev–Trinajstić information content (AvgIpc) is 2.84. The summed E-state index contributed by atoms with van der Waals surface area (Å²) in [5, 5.41) is 4.41. The predicted molar refractivity (Wildman–Crippen MR) is 86.7 cm³/mol. The fourth-order valence-corrected chi connectivity index (χ4v) is 3.02. The molecule has 0 N–H and O–H groups in total. The maximum absolute atomic E-state index is 12.6. The van der Waals surface area contributed by atoms with Crippen LogP contribution in [0.2, 0.25) is 0 Å². The van der Waals surface area contributed by atoms with Gasteiger partial charge in [-0.15, -0.1) is 0 Å². The number of nitrogens with zero attached hydrogens (tertiary/aromatic N) is 4. The number of carbonyl (C=O) groups excluding carboxylic acids is 1. The van der Waals surface area contributed by atoms with Gasteiger partial charge in [0.1, 0.15) is 0 Å². The first-order chi connectivity index (χ1) is 10.9. The second-order valence-electron chi connectivity index (χ2n) is 6.21. The van der Waals surface area contributed by atoms with Gasteiger partial charge in [-0.3, -0.25) is 4.79 Å². The summed E-state index contributed by atoms with van der Waals surface area (Å²) in [6, 6.07) is 5.64. The molecule has 1 fully saturated rings. The largest absolute Gasteiger partial charge is 0.372 e. The van der Waals surface area contributed by atoms with Gasteiger partial charge in [-0.1, -0.05) is 0 Å². The molecule has 6 heteroatoms. The molecule has 122 valence electrons. The van der Waals surface area contributed by atoms with E-state index in [2.05, 4.69) is 10.1 Å². The van der Waals surface area contributed by atoms with E-state index in [0.717, 1.165) is 17.2 Å². The summed E-state index contributed by atoms with van der Waals surface area (Å²) in [6.45, 7) is 9.13. The molecule has 1 aliphatic heterocycles. The van der Waals surface area contributed by atoms with Crippen molar-refractivity contribution in [2.24, 2.45) is 0 Å². The van der Waals surface area contributed by atoms with Crippen LogP contribution in [0.4, 0.5) is 0 Å². The molecule has 2 aromatic heterocycles. The Morgan fingerprint density at radius 1 is 1.22 bits per heavy atom. The third-order valence-electron chi connectivity index (χ3n) is 3.93. The number of pyridine rings is 1. The van der Waals surface area contributed by atoms with Gasteiger partial charge in [-0.2, -0.15) is 5.10 Å². The molecule has 2 unspecified atom stereocenters. The Morgan fingerprint density at radius 2 is 1.91 bits per heavy atom. The van der Waals surface area contributed by atoms with E-state index in [4.69, 9.17) is 4.74 Å². The first-order valence-corrected chi connectivity index (χ1v) is 7.88. The number of aryl methyl sites for hydroxylation is 2. The minimum Gasteiger partial charge on any atom is -0.372 e. The van der Waals surface area contributed by atoms with Gasteiger partial charge in [0, 0.05) is 25.0 Å². The van der Waals surface area contributed by atoms with Crippen molar-refractivity contribution in [3.63, 3.8) is 0 Å². The van der Waals surface area contributed by atoms with E-state index in [9.17, 15) is 4.79 Å². The first-order valence-electron chi connectivity index (χ1n) is 7.88. The lowest BCUT2D eigenvalue weighted by molar-refractivity contribution is -0.0586. The Hall–Kier alpha value is -2.21. The molecular formula is C17H22N4O2. The Labute approximate surface area is 136 Å². The van der Waals surface area contributed by atoms with E-state index < -0.39 is 0 Å². The lowest BCUT2D eigenvalue weighted by Gasteiger charge is -2.35. The molecule has 0 aromatic carbocycles. The highest BCUT2D eigenvalue weighted by atomic mass is 16.5. The summed E-state index contributed by atoms with van der Waals surface area (Å²) in [5.41, 5.74) is 2.56. The average molecular weight is 314 g/mol. The molecule has 0 radical (unpaired) electrons. The van der Waals surface area contributed by atoms with Crippen LogP contribution in [0.3, 0.4) is 0 Å². The lowest BCUT2D eigenvalue weighted by atomic mass is 10.2. The Kier molecular flexibility index (Phi) is 4.17. The predicted octanol–water partition coefficient (Wildman–Crippen LogP) is 2.13. The van der Waals surface area contributed by atoms with E-state index in [1.807, 2.05) is 50.8 Å². The van der Waals surface area contributed by atoms with Crippen molar-refractivity contribution in [2.75, 3.05) is 13.1 Å². The first kappa shape index (κ1) is 15.7. The highest BCUT2D eigenvalue weighted by Gasteiger charge is 2.26. The summed E-state index contributed by atoms with van der Waals surface area (Å²) in [4.78, 5) is 18.8. The number of hydrogen-bond acceptors (Lipinski definition) is 4. The summed E-state index contributed by atoms with van der Waals surface area (Å²) in [7, 11) is 0. The van der Waals surface area contributed by atoms with E-state index >= 15 is 0 Å². The molecule has 6 nitrogen and oxygen atoms in total.